The predicted molar refractivity (Wildman–Crippen MR) is 72.9 cm³/mol. The lowest BCUT2D eigenvalue weighted by atomic mass is 9.87. The molecule has 1 rings (SSSR count). The Hall–Kier alpha value is -2.01. The third kappa shape index (κ3) is 3.78. The molecule has 2 heteroatoms. The van der Waals surface area contributed by atoms with Gasteiger partial charge in [0.15, 0.2) is 0 Å². The van der Waals surface area contributed by atoms with E-state index in [2.05, 4.69) is 18.4 Å². The van der Waals surface area contributed by atoms with E-state index in [1.807, 2.05) is 30.3 Å². The molecule has 0 aromatic heterocycles. The zero-order chi connectivity index (χ0) is 13.4. The highest BCUT2D eigenvalue weighted by Gasteiger charge is 2.30. The van der Waals surface area contributed by atoms with E-state index in [-0.39, 0.29) is 5.97 Å². The lowest BCUT2D eigenvalue weighted by molar-refractivity contribution is -0.151. The average molecular weight is 242 g/mol. The van der Waals surface area contributed by atoms with Crippen LogP contribution >= 0.6 is 0 Å². The van der Waals surface area contributed by atoms with Gasteiger partial charge in [-0.2, -0.15) is 0 Å². The van der Waals surface area contributed by atoms with Crippen molar-refractivity contribution in [2.24, 2.45) is 5.41 Å². The number of hydrogen-bond acceptors (Lipinski definition) is 2. The van der Waals surface area contributed by atoms with Gasteiger partial charge in [0.1, 0.15) is 0 Å². The number of hydrogen-bond donors (Lipinski definition) is 0. The van der Waals surface area contributed by atoms with Gasteiger partial charge in [-0.3, -0.25) is 4.79 Å². The summed E-state index contributed by atoms with van der Waals surface area (Å²) in [6.45, 7) is 7.64. The Balaban J connectivity index is 2.73. The molecule has 0 radical (unpaired) electrons. The first-order valence-electron chi connectivity index (χ1n) is 5.97. The highest BCUT2D eigenvalue weighted by atomic mass is 16.5. The molecule has 0 fully saturated rings. The first kappa shape index (κ1) is 14.1. The maximum absolute atomic E-state index is 11.8. The fourth-order valence-electron chi connectivity index (χ4n) is 1.37. The Morgan fingerprint density at radius 3 is 2.67 bits per heavy atom. The fraction of sp³-hybridized carbons (Fsp3) is 0.312. The predicted octanol–water partition coefficient (Wildman–Crippen LogP) is 3.18. The van der Waals surface area contributed by atoms with Crippen LogP contribution in [0.2, 0.25) is 0 Å². The zero-order valence-corrected chi connectivity index (χ0v) is 10.9. The smallest absolute Gasteiger partial charge is 0.316 e. The molecule has 0 aliphatic rings. The number of carbonyl (C=O) groups excluding carboxylic acids is 1. The van der Waals surface area contributed by atoms with Crippen LogP contribution in [0.15, 0.2) is 43.0 Å². The highest BCUT2D eigenvalue weighted by Crippen LogP contribution is 2.24. The summed E-state index contributed by atoms with van der Waals surface area (Å²) in [4.78, 5) is 11.8. The molecule has 0 bridgehead atoms. The van der Waals surface area contributed by atoms with Crippen molar-refractivity contribution < 1.29 is 9.53 Å². The number of ether oxygens (including phenoxy) is 1. The van der Waals surface area contributed by atoms with Crippen molar-refractivity contribution in [1.29, 1.82) is 0 Å². The lowest BCUT2D eigenvalue weighted by Crippen LogP contribution is -2.27. The number of rotatable bonds is 4. The van der Waals surface area contributed by atoms with E-state index in [0.29, 0.717) is 13.0 Å². The summed E-state index contributed by atoms with van der Waals surface area (Å²) in [5, 5.41) is 0. The van der Waals surface area contributed by atoms with Gasteiger partial charge in [-0.1, -0.05) is 36.1 Å². The van der Waals surface area contributed by atoms with Crippen LogP contribution in [-0.4, -0.2) is 12.6 Å². The summed E-state index contributed by atoms with van der Waals surface area (Å²) in [7, 11) is 0. The molecule has 0 amide bonds. The maximum Gasteiger partial charge on any atom is 0.316 e. The summed E-state index contributed by atoms with van der Waals surface area (Å²) in [6, 6.07) is 9.67. The minimum absolute atomic E-state index is 0.276. The molecule has 1 unspecified atom stereocenters. The van der Waals surface area contributed by atoms with Crippen LogP contribution in [0.5, 0.6) is 0 Å². The minimum Gasteiger partial charge on any atom is -0.465 e. The molecule has 0 saturated carbocycles. The number of benzene rings is 1. The summed E-state index contributed by atoms with van der Waals surface area (Å²) < 4.78 is 5.02. The molecule has 0 heterocycles. The van der Waals surface area contributed by atoms with Crippen molar-refractivity contribution >= 4 is 5.97 Å². The average Bonchev–Trinajstić information content (AvgIpc) is 2.40. The Morgan fingerprint density at radius 2 is 2.11 bits per heavy atom. The number of esters is 1. The van der Waals surface area contributed by atoms with Crippen LogP contribution in [0, 0.1) is 17.3 Å². The van der Waals surface area contributed by atoms with Gasteiger partial charge < -0.3 is 4.74 Å². The van der Waals surface area contributed by atoms with E-state index in [4.69, 9.17) is 4.74 Å². The summed E-state index contributed by atoms with van der Waals surface area (Å²) in [5.74, 6) is 5.76. The summed E-state index contributed by atoms with van der Waals surface area (Å²) in [5.41, 5.74) is 0.199. The van der Waals surface area contributed by atoms with Crippen LogP contribution < -0.4 is 0 Å². The molecule has 0 aliphatic heterocycles. The summed E-state index contributed by atoms with van der Waals surface area (Å²) in [6.07, 6.45) is 2.01. The molecule has 0 aliphatic carbocycles. The van der Waals surface area contributed by atoms with Crippen LogP contribution in [0.4, 0.5) is 0 Å². The van der Waals surface area contributed by atoms with Crippen molar-refractivity contribution in [2.75, 3.05) is 6.61 Å². The number of carbonyl (C=O) groups is 1. The molecule has 2 nitrogen and oxygen atoms in total. The van der Waals surface area contributed by atoms with Crippen LogP contribution in [-0.2, 0) is 9.53 Å². The molecule has 1 aromatic carbocycles. The fourth-order valence-corrected chi connectivity index (χ4v) is 1.37. The molecule has 1 aromatic rings. The quantitative estimate of drug-likeness (QED) is 0.460. The molecule has 0 spiro atoms. The van der Waals surface area contributed by atoms with Crippen molar-refractivity contribution in [1.82, 2.24) is 0 Å². The van der Waals surface area contributed by atoms with Crippen molar-refractivity contribution in [2.45, 2.75) is 20.3 Å². The van der Waals surface area contributed by atoms with E-state index in [0.717, 1.165) is 5.56 Å². The minimum atomic E-state index is -0.738. The molecule has 94 valence electrons. The van der Waals surface area contributed by atoms with Crippen molar-refractivity contribution in [3.05, 3.63) is 48.6 Å². The van der Waals surface area contributed by atoms with E-state index in [1.165, 1.54) is 0 Å². The third-order valence-corrected chi connectivity index (χ3v) is 2.65. The highest BCUT2D eigenvalue weighted by molar-refractivity contribution is 5.79. The van der Waals surface area contributed by atoms with Gasteiger partial charge in [0, 0.05) is 12.0 Å². The Kier molecular flexibility index (Phi) is 5.20. The first-order chi connectivity index (χ1) is 8.62. The normalized spacial score (nSPS) is 12.8. The Morgan fingerprint density at radius 1 is 1.44 bits per heavy atom. The Bertz CT molecular complexity index is 465. The lowest BCUT2D eigenvalue weighted by Gasteiger charge is -2.20. The Labute approximate surface area is 109 Å². The van der Waals surface area contributed by atoms with Crippen LogP contribution in [0.3, 0.4) is 0 Å². The maximum atomic E-state index is 11.8. The van der Waals surface area contributed by atoms with Crippen molar-refractivity contribution in [3.63, 3.8) is 0 Å². The molecular weight excluding hydrogens is 224 g/mol. The van der Waals surface area contributed by atoms with Crippen molar-refractivity contribution in [3.8, 4) is 11.8 Å². The van der Waals surface area contributed by atoms with Gasteiger partial charge >= 0.3 is 5.97 Å². The molecular formula is C16H18O2. The molecule has 0 N–H and O–H groups in total. The van der Waals surface area contributed by atoms with Crippen LogP contribution in [0.1, 0.15) is 25.8 Å². The van der Waals surface area contributed by atoms with Gasteiger partial charge in [-0.25, -0.2) is 0 Å². The van der Waals surface area contributed by atoms with Gasteiger partial charge in [0.25, 0.3) is 0 Å². The van der Waals surface area contributed by atoms with E-state index < -0.39 is 5.41 Å². The monoisotopic (exact) mass is 242 g/mol. The summed E-state index contributed by atoms with van der Waals surface area (Å²) >= 11 is 0. The SMILES string of the molecule is C=CC(C)(CC#Cc1ccccc1)C(=O)OCC. The van der Waals surface area contributed by atoms with Gasteiger partial charge in [-0.05, 0) is 26.0 Å². The third-order valence-electron chi connectivity index (χ3n) is 2.65. The molecule has 0 saturated heterocycles. The second-order valence-corrected chi connectivity index (χ2v) is 4.19. The van der Waals surface area contributed by atoms with Gasteiger partial charge in [0.2, 0.25) is 0 Å². The van der Waals surface area contributed by atoms with E-state index >= 15 is 0 Å². The second kappa shape index (κ2) is 6.66. The largest absolute Gasteiger partial charge is 0.465 e. The molecule has 18 heavy (non-hydrogen) atoms. The standard InChI is InChI=1S/C16H18O2/c1-4-16(3,15(17)18-5-2)13-9-12-14-10-7-6-8-11-14/h4,6-8,10-11H,1,5,13H2,2-3H3. The van der Waals surface area contributed by atoms with Gasteiger partial charge in [0.05, 0.1) is 12.0 Å². The van der Waals surface area contributed by atoms with Gasteiger partial charge in [-0.15, -0.1) is 6.58 Å². The second-order valence-electron chi connectivity index (χ2n) is 4.19. The van der Waals surface area contributed by atoms with E-state index in [1.54, 1.807) is 19.9 Å². The van der Waals surface area contributed by atoms with E-state index in [9.17, 15) is 4.79 Å². The first-order valence-corrected chi connectivity index (χ1v) is 5.97. The van der Waals surface area contributed by atoms with Crippen LogP contribution in [0.25, 0.3) is 0 Å². The molecule has 1 atom stereocenters. The zero-order valence-electron chi connectivity index (χ0n) is 10.9. The topological polar surface area (TPSA) is 26.3 Å².